The summed E-state index contributed by atoms with van der Waals surface area (Å²) in [4.78, 5) is 16.6. The van der Waals surface area contributed by atoms with Gasteiger partial charge in [0.05, 0.1) is 0 Å². The first-order valence-electron chi connectivity index (χ1n) is 12.4. The molecule has 5 rings (SSSR count). The van der Waals surface area contributed by atoms with Crippen LogP contribution in [0.2, 0.25) is 0 Å². The van der Waals surface area contributed by atoms with E-state index < -0.39 is 12.4 Å². The second-order valence-corrected chi connectivity index (χ2v) is 9.64. The largest absolute Gasteiger partial charge is 0.509 e. The Morgan fingerprint density at radius 3 is 2.16 bits per heavy atom. The third kappa shape index (κ3) is 4.96. The van der Waals surface area contributed by atoms with E-state index in [1.807, 2.05) is 29.2 Å². The highest BCUT2D eigenvalue weighted by Crippen LogP contribution is 2.44. The Kier molecular flexibility index (Phi) is 6.74. The predicted molar refractivity (Wildman–Crippen MR) is 140 cm³/mol. The number of carbonyl (C=O) groups excluding carboxylic acids is 1. The standard InChI is InChI=1S/C29H27BF3N2O2/c1-3-21-16-22(20(2)28(17-21)30(31,32)33)18-34-12-14-35(15-13-34)29(36)37-19-27-25-10-6-4-8-23(25)24-9-5-7-11-26(24)27/h1,4-11,16-17,27H,12-15,18-19H2,2H3/q-1. The molecule has 1 fully saturated rings. The molecule has 0 aromatic heterocycles. The number of carbonyl (C=O) groups is 1. The smallest absolute Gasteiger partial charge is 0.448 e. The molecule has 37 heavy (non-hydrogen) atoms. The van der Waals surface area contributed by atoms with E-state index in [0.717, 1.165) is 17.2 Å². The lowest BCUT2D eigenvalue weighted by Gasteiger charge is -2.35. The van der Waals surface area contributed by atoms with Crippen molar-refractivity contribution in [3.05, 3.63) is 88.5 Å². The number of hydrogen-bond acceptors (Lipinski definition) is 3. The Morgan fingerprint density at radius 2 is 1.59 bits per heavy atom. The van der Waals surface area contributed by atoms with Gasteiger partial charge in [0.1, 0.15) is 6.61 Å². The first-order chi connectivity index (χ1) is 17.8. The Bertz CT molecular complexity index is 1330. The number of fused-ring (bicyclic) bond motifs is 3. The van der Waals surface area contributed by atoms with Crippen molar-refractivity contribution in [2.24, 2.45) is 0 Å². The van der Waals surface area contributed by atoms with Crippen molar-refractivity contribution in [3.8, 4) is 23.5 Å². The van der Waals surface area contributed by atoms with E-state index in [1.165, 1.54) is 18.1 Å². The number of amides is 1. The van der Waals surface area contributed by atoms with Crippen molar-refractivity contribution >= 4 is 18.5 Å². The van der Waals surface area contributed by atoms with Crippen LogP contribution in [-0.2, 0) is 11.3 Å². The molecule has 0 N–H and O–H groups in total. The molecule has 2 aliphatic rings. The average Bonchev–Trinajstić information content (AvgIpc) is 3.22. The second-order valence-electron chi connectivity index (χ2n) is 9.64. The molecule has 0 radical (unpaired) electrons. The van der Waals surface area contributed by atoms with Gasteiger partial charge in [0.25, 0.3) is 0 Å². The lowest BCUT2D eigenvalue weighted by Crippen LogP contribution is -2.48. The molecule has 0 spiro atoms. The summed E-state index contributed by atoms with van der Waals surface area (Å²) in [5, 5.41) is 0. The quantitative estimate of drug-likeness (QED) is 0.359. The van der Waals surface area contributed by atoms with E-state index in [-0.39, 0.29) is 29.7 Å². The first-order valence-corrected chi connectivity index (χ1v) is 12.4. The lowest BCUT2D eigenvalue weighted by atomic mass is 9.75. The number of terminal acetylenes is 1. The second kappa shape index (κ2) is 9.99. The minimum atomic E-state index is -5.15. The van der Waals surface area contributed by atoms with Crippen LogP contribution in [0, 0.1) is 19.3 Å². The fraction of sp³-hybridized carbons (Fsp3) is 0.276. The van der Waals surface area contributed by atoms with Gasteiger partial charge < -0.3 is 22.6 Å². The van der Waals surface area contributed by atoms with E-state index in [1.54, 1.807) is 11.0 Å². The topological polar surface area (TPSA) is 32.8 Å². The van der Waals surface area contributed by atoms with Gasteiger partial charge in [-0.2, -0.15) is 0 Å². The summed E-state index contributed by atoms with van der Waals surface area (Å²) in [5.74, 6) is 2.33. The summed E-state index contributed by atoms with van der Waals surface area (Å²) in [6.45, 7) is -1.09. The highest BCUT2D eigenvalue weighted by molar-refractivity contribution is 6.74. The summed E-state index contributed by atoms with van der Waals surface area (Å²) >= 11 is 0. The predicted octanol–water partition coefficient (Wildman–Crippen LogP) is 5.10. The molecule has 1 aliphatic carbocycles. The van der Waals surface area contributed by atoms with Crippen LogP contribution in [0.15, 0.2) is 60.7 Å². The zero-order chi connectivity index (χ0) is 26.2. The Morgan fingerprint density at radius 1 is 1.00 bits per heavy atom. The van der Waals surface area contributed by atoms with Crippen molar-refractivity contribution in [2.45, 2.75) is 19.4 Å². The molecule has 1 heterocycles. The van der Waals surface area contributed by atoms with Gasteiger partial charge in [0, 0.05) is 44.2 Å². The van der Waals surface area contributed by atoms with Crippen molar-refractivity contribution in [3.63, 3.8) is 0 Å². The van der Waals surface area contributed by atoms with Crippen molar-refractivity contribution < 1.29 is 22.5 Å². The highest BCUT2D eigenvalue weighted by Gasteiger charge is 2.31. The number of rotatable bonds is 5. The molecule has 4 nitrogen and oxygen atoms in total. The van der Waals surface area contributed by atoms with Crippen molar-refractivity contribution in [1.82, 2.24) is 9.80 Å². The minimum absolute atomic E-state index is 0.00604. The number of benzene rings is 3. The Labute approximate surface area is 215 Å². The molecule has 3 aromatic carbocycles. The molecule has 1 amide bonds. The molecular formula is C29H27BF3N2O2-. The number of piperazine rings is 1. The minimum Gasteiger partial charge on any atom is -0.448 e. The SMILES string of the molecule is C#Cc1cc(CN2CCN(C(=O)OCC3c4ccccc4-c4ccccc43)CC2)c(C)c([B-](F)(F)F)c1. The molecular weight excluding hydrogens is 476 g/mol. The van der Waals surface area contributed by atoms with Gasteiger partial charge in [-0.3, -0.25) is 4.90 Å². The summed E-state index contributed by atoms with van der Waals surface area (Å²) in [7, 11) is 0. The molecule has 3 aromatic rings. The summed E-state index contributed by atoms with van der Waals surface area (Å²) < 4.78 is 46.4. The summed E-state index contributed by atoms with van der Waals surface area (Å²) in [6, 6.07) is 19.1. The number of ether oxygens (including phenoxy) is 1. The number of hydrogen-bond donors (Lipinski definition) is 0. The maximum absolute atomic E-state index is 13.5. The van der Waals surface area contributed by atoms with Crippen LogP contribution in [0.25, 0.3) is 11.1 Å². The molecule has 0 unspecified atom stereocenters. The Balaban J connectivity index is 1.20. The molecule has 8 heteroatoms. The van der Waals surface area contributed by atoms with Gasteiger partial charge in [-0.1, -0.05) is 66.1 Å². The summed E-state index contributed by atoms with van der Waals surface area (Å²) in [6.07, 6.45) is 5.04. The Hall–Kier alpha value is -3.70. The zero-order valence-corrected chi connectivity index (χ0v) is 20.6. The first kappa shape index (κ1) is 25.0. The van der Waals surface area contributed by atoms with Gasteiger partial charge in [0.15, 0.2) is 0 Å². The van der Waals surface area contributed by atoms with E-state index in [4.69, 9.17) is 11.2 Å². The van der Waals surface area contributed by atoms with Crippen molar-refractivity contribution in [2.75, 3.05) is 32.8 Å². The molecule has 1 aliphatic heterocycles. The van der Waals surface area contributed by atoms with Gasteiger partial charge in [0.2, 0.25) is 0 Å². The van der Waals surface area contributed by atoms with E-state index in [9.17, 15) is 17.7 Å². The van der Waals surface area contributed by atoms with Crippen LogP contribution >= 0.6 is 0 Å². The maximum atomic E-state index is 13.5. The fourth-order valence-electron chi connectivity index (χ4n) is 5.40. The highest BCUT2D eigenvalue weighted by atomic mass is 19.4. The van der Waals surface area contributed by atoms with E-state index >= 15 is 0 Å². The molecule has 0 bridgehead atoms. The van der Waals surface area contributed by atoms with Crippen LogP contribution in [0.4, 0.5) is 17.7 Å². The van der Waals surface area contributed by atoms with Gasteiger partial charge in [-0.25, -0.2) is 4.79 Å². The van der Waals surface area contributed by atoms with Crippen LogP contribution in [0.1, 0.15) is 33.7 Å². The van der Waals surface area contributed by atoms with Crippen molar-refractivity contribution in [1.29, 1.82) is 0 Å². The van der Waals surface area contributed by atoms with Gasteiger partial charge in [-0.15, -0.1) is 11.9 Å². The molecule has 1 saturated heterocycles. The number of nitrogens with zero attached hydrogens (tertiary/aromatic N) is 2. The monoisotopic (exact) mass is 503 g/mol. The molecule has 190 valence electrons. The average molecular weight is 503 g/mol. The summed E-state index contributed by atoms with van der Waals surface area (Å²) in [5.41, 5.74) is 5.04. The van der Waals surface area contributed by atoms with Crippen LogP contribution < -0.4 is 5.46 Å². The normalized spacial score (nSPS) is 15.7. The fourth-order valence-corrected chi connectivity index (χ4v) is 5.40. The van der Waals surface area contributed by atoms with Crippen LogP contribution in [-0.4, -0.2) is 55.7 Å². The maximum Gasteiger partial charge on any atom is 0.509 e. The van der Waals surface area contributed by atoms with Crippen LogP contribution in [0.3, 0.4) is 0 Å². The number of halogens is 3. The molecule has 0 atom stereocenters. The zero-order valence-electron chi connectivity index (χ0n) is 20.6. The third-order valence-electron chi connectivity index (χ3n) is 7.44. The van der Waals surface area contributed by atoms with E-state index in [2.05, 4.69) is 30.2 Å². The molecule has 0 saturated carbocycles. The lowest BCUT2D eigenvalue weighted by molar-refractivity contribution is 0.0728. The van der Waals surface area contributed by atoms with E-state index in [0.29, 0.717) is 38.3 Å². The van der Waals surface area contributed by atoms with Gasteiger partial charge in [-0.05, 0) is 40.8 Å². The third-order valence-corrected chi connectivity index (χ3v) is 7.44. The van der Waals surface area contributed by atoms with Crippen LogP contribution in [0.5, 0.6) is 0 Å². The van der Waals surface area contributed by atoms with Gasteiger partial charge >= 0.3 is 13.1 Å².